The third kappa shape index (κ3) is 4.90. The Bertz CT molecular complexity index is 1000. The monoisotopic (exact) mass is 418 g/mol. The lowest BCUT2D eigenvalue weighted by molar-refractivity contribution is 0.364. The van der Waals surface area contributed by atoms with Gasteiger partial charge in [-0.25, -0.2) is 8.42 Å². The van der Waals surface area contributed by atoms with Gasteiger partial charge < -0.3 is 4.52 Å². The van der Waals surface area contributed by atoms with Crippen molar-refractivity contribution in [3.8, 4) is 10.4 Å². The summed E-state index contributed by atoms with van der Waals surface area (Å²) in [6, 6.07) is 13.3. The first-order valence-electron chi connectivity index (χ1n) is 9.30. The van der Waals surface area contributed by atoms with Gasteiger partial charge in [0, 0.05) is 22.8 Å². The van der Waals surface area contributed by atoms with Gasteiger partial charge in [-0.3, -0.25) is 0 Å². The molecule has 0 radical (unpaired) electrons. The second-order valence-corrected chi connectivity index (χ2v) is 10.5. The number of aromatic nitrogens is 1. The quantitative estimate of drug-likeness (QED) is 0.516. The number of rotatable bonds is 8. The van der Waals surface area contributed by atoms with Gasteiger partial charge >= 0.3 is 0 Å². The van der Waals surface area contributed by atoms with Crippen LogP contribution in [0.2, 0.25) is 0 Å². The van der Waals surface area contributed by atoms with Crippen LogP contribution in [0.15, 0.2) is 47.0 Å². The number of hydrogen-bond acceptors (Lipinski definition) is 5. The number of aryl methyl sites for hydroxylation is 2. The maximum Gasteiger partial charge on any atom is 0.218 e. The second kappa shape index (κ2) is 8.59. The van der Waals surface area contributed by atoms with E-state index in [9.17, 15) is 8.42 Å². The molecular weight excluding hydrogens is 392 g/mol. The van der Waals surface area contributed by atoms with Crippen LogP contribution in [0.25, 0.3) is 10.4 Å². The number of hydrogen-bond donors (Lipinski definition) is 0. The third-order valence-electron chi connectivity index (χ3n) is 4.43. The lowest BCUT2D eigenvalue weighted by atomic mass is 10.2. The van der Waals surface area contributed by atoms with Gasteiger partial charge in [-0.05, 0) is 37.5 Å². The first-order valence-corrected chi connectivity index (χ1v) is 11.7. The Morgan fingerprint density at radius 2 is 1.82 bits per heavy atom. The van der Waals surface area contributed by atoms with E-state index < -0.39 is 10.0 Å². The van der Waals surface area contributed by atoms with Gasteiger partial charge in [0.25, 0.3) is 0 Å². The predicted molar refractivity (Wildman–Crippen MR) is 114 cm³/mol. The molecule has 0 saturated heterocycles. The van der Waals surface area contributed by atoms with Crippen molar-refractivity contribution >= 4 is 21.4 Å². The normalized spacial score (nSPS) is 12.2. The Morgan fingerprint density at radius 3 is 2.43 bits per heavy atom. The average Bonchev–Trinajstić information content (AvgIpc) is 3.20. The van der Waals surface area contributed by atoms with Crippen LogP contribution in [-0.4, -0.2) is 24.4 Å². The molecule has 0 N–H and O–H groups in total. The van der Waals surface area contributed by atoms with Crippen molar-refractivity contribution in [3.63, 3.8) is 0 Å². The van der Waals surface area contributed by atoms with Gasteiger partial charge in [0.05, 0.1) is 17.0 Å². The van der Waals surface area contributed by atoms with Gasteiger partial charge in [0.2, 0.25) is 10.0 Å². The fraction of sp³-hybridized carbons (Fsp3) is 0.381. The van der Waals surface area contributed by atoms with E-state index in [1.807, 2.05) is 70.2 Å². The molecule has 28 heavy (non-hydrogen) atoms. The molecule has 1 aromatic carbocycles. The van der Waals surface area contributed by atoms with Gasteiger partial charge in [-0.2, -0.15) is 4.31 Å². The summed E-state index contributed by atoms with van der Waals surface area (Å²) in [4.78, 5) is 2.06. The summed E-state index contributed by atoms with van der Waals surface area (Å²) in [5.41, 5.74) is 2.65. The largest absolute Gasteiger partial charge is 0.361 e. The molecule has 5 nitrogen and oxygen atoms in total. The Hall–Kier alpha value is -1.96. The van der Waals surface area contributed by atoms with E-state index in [0.29, 0.717) is 13.1 Å². The molecule has 0 bridgehead atoms. The standard InChI is InChI=1S/C21H26N2O3S2/c1-15(2)12-23(28(24,25)14-18-8-6-5-7-9-18)13-19-10-11-20(27-19)21-16(3)22-26-17(21)4/h5-11,15H,12-14H2,1-4H3. The highest BCUT2D eigenvalue weighted by Crippen LogP contribution is 2.34. The van der Waals surface area contributed by atoms with Crippen molar-refractivity contribution in [1.82, 2.24) is 9.46 Å². The summed E-state index contributed by atoms with van der Waals surface area (Å²) in [6.07, 6.45) is 0. The summed E-state index contributed by atoms with van der Waals surface area (Å²) < 4.78 is 33.0. The van der Waals surface area contributed by atoms with Gasteiger partial charge in [0.15, 0.2) is 0 Å². The molecule has 2 aromatic heterocycles. The minimum Gasteiger partial charge on any atom is -0.361 e. The van der Waals surface area contributed by atoms with Crippen LogP contribution in [0.1, 0.15) is 35.7 Å². The zero-order valence-corrected chi connectivity index (χ0v) is 18.3. The fourth-order valence-electron chi connectivity index (χ4n) is 3.17. The zero-order chi connectivity index (χ0) is 20.3. The molecule has 0 spiro atoms. The van der Waals surface area contributed by atoms with Gasteiger partial charge in [-0.1, -0.05) is 49.3 Å². The predicted octanol–water partition coefficient (Wildman–Crippen LogP) is 5.01. The molecular formula is C21H26N2O3S2. The molecule has 2 heterocycles. The van der Waals surface area contributed by atoms with E-state index in [1.165, 1.54) is 0 Å². The molecule has 0 aliphatic carbocycles. The molecule has 0 aliphatic heterocycles. The maximum absolute atomic E-state index is 13.1. The highest BCUT2D eigenvalue weighted by Gasteiger charge is 2.25. The molecule has 0 aliphatic rings. The van der Waals surface area contributed by atoms with Gasteiger partial charge in [-0.15, -0.1) is 11.3 Å². The van der Waals surface area contributed by atoms with Crippen molar-refractivity contribution in [2.45, 2.75) is 40.0 Å². The minimum absolute atomic E-state index is 0.0165. The van der Waals surface area contributed by atoms with Crippen LogP contribution in [0.5, 0.6) is 0 Å². The summed E-state index contributed by atoms with van der Waals surface area (Å²) in [6.45, 7) is 8.75. The lowest BCUT2D eigenvalue weighted by Crippen LogP contribution is -2.34. The molecule has 0 atom stereocenters. The Morgan fingerprint density at radius 1 is 1.11 bits per heavy atom. The zero-order valence-electron chi connectivity index (χ0n) is 16.7. The highest BCUT2D eigenvalue weighted by atomic mass is 32.2. The molecule has 0 fully saturated rings. The molecule has 3 rings (SSSR count). The molecule has 150 valence electrons. The topological polar surface area (TPSA) is 63.4 Å². The number of benzene rings is 1. The SMILES string of the molecule is Cc1noc(C)c1-c1ccc(CN(CC(C)C)S(=O)(=O)Cc2ccccc2)s1. The molecule has 0 saturated carbocycles. The molecule has 7 heteroatoms. The summed E-state index contributed by atoms with van der Waals surface area (Å²) >= 11 is 1.59. The summed E-state index contributed by atoms with van der Waals surface area (Å²) in [5.74, 6) is 1.04. The molecule has 0 amide bonds. The van der Waals surface area contributed by atoms with E-state index in [4.69, 9.17) is 4.52 Å². The van der Waals surface area contributed by atoms with E-state index in [1.54, 1.807) is 15.6 Å². The highest BCUT2D eigenvalue weighted by molar-refractivity contribution is 7.88. The Balaban J connectivity index is 1.83. The van der Waals surface area contributed by atoms with Crippen LogP contribution < -0.4 is 0 Å². The van der Waals surface area contributed by atoms with Crippen molar-refractivity contribution < 1.29 is 12.9 Å². The van der Waals surface area contributed by atoms with Crippen LogP contribution in [0.3, 0.4) is 0 Å². The van der Waals surface area contributed by atoms with E-state index in [2.05, 4.69) is 5.16 Å². The van der Waals surface area contributed by atoms with Crippen molar-refractivity contribution in [1.29, 1.82) is 0 Å². The number of thiophene rings is 1. The summed E-state index contributed by atoms with van der Waals surface area (Å²) in [7, 11) is -3.42. The van der Waals surface area contributed by atoms with Crippen LogP contribution in [0, 0.1) is 19.8 Å². The molecule has 0 unspecified atom stereocenters. The maximum atomic E-state index is 13.1. The lowest BCUT2D eigenvalue weighted by Gasteiger charge is -2.23. The summed E-state index contributed by atoms with van der Waals surface area (Å²) in [5, 5.41) is 4.01. The van der Waals surface area contributed by atoms with Crippen LogP contribution in [0.4, 0.5) is 0 Å². The first-order chi connectivity index (χ1) is 13.3. The van der Waals surface area contributed by atoms with E-state index >= 15 is 0 Å². The minimum atomic E-state index is -3.42. The number of nitrogens with zero attached hydrogens (tertiary/aromatic N) is 2. The smallest absolute Gasteiger partial charge is 0.218 e. The second-order valence-electron chi connectivity index (χ2n) is 7.39. The van der Waals surface area contributed by atoms with Crippen molar-refractivity contribution in [3.05, 3.63) is 64.4 Å². The van der Waals surface area contributed by atoms with Crippen LogP contribution >= 0.6 is 11.3 Å². The van der Waals surface area contributed by atoms with Crippen LogP contribution in [-0.2, 0) is 22.3 Å². The average molecular weight is 419 g/mol. The van der Waals surface area contributed by atoms with E-state index in [0.717, 1.165) is 32.3 Å². The molecule has 3 aromatic rings. The Kier molecular flexibility index (Phi) is 6.37. The van der Waals surface area contributed by atoms with Crippen molar-refractivity contribution in [2.24, 2.45) is 5.92 Å². The fourth-order valence-corrected chi connectivity index (χ4v) is 6.07. The Labute approximate surface area is 171 Å². The first kappa shape index (κ1) is 20.8. The van der Waals surface area contributed by atoms with Gasteiger partial charge in [0.1, 0.15) is 5.76 Å². The third-order valence-corrected chi connectivity index (χ3v) is 7.28. The van der Waals surface area contributed by atoms with Crippen molar-refractivity contribution in [2.75, 3.05) is 6.54 Å². The number of sulfonamides is 1. The van der Waals surface area contributed by atoms with E-state index in [-0.39, 0.29) is 11.7 Å².